The van der Waals surface area contributed by atoms with Crippen molar-refractivity contribution in [3.63, 3.8) is 0 Å². The van der Waals surface area contributed by atoms with Crippen LogP contribution in [0.5, 0.6) is 0 Å². The highest BCUT2D eigenvalue weighted by molar-refractivity contribution is 5.73. The molecule has 1 aliphatic rings. The Bertz CT molecular complexity index is 595. The topological polar surface area (TPSA) is 74.8 Å². The van der Waals surface area contributed by atoms with Crippen LogP contribution in [0.1, 0.15) is 31.4 Å². The van der Waals surface area contributed by atoms with Gasteiger partial charge in [0.05, 0.1) is 11.4 Å². The average Bonchev–Trinajstić information content (AvgIpc) is 3.01. The lowest BCUT2D eigenvalue weighted by molar-refractivity contribution is -0.130. The third kappa shape index (κ3) is 2.41. The number of hydrogen-bond donors (Lipinski definition) is 1. The van der Waals surface area contributed by atoms with Crippen LogP contribution < -0.4 is 0 Å². The zero-order chi connectivity index (χ0) is 13.9. The van der Waals surface area contributed by atoms with Gasteiger partial charge in [-0.05, 0) is 18.9 Å². The molecule has 1 N–H and O–H groups in total. The van der Waals surface area contributed by atoms with E-state index in [-0.39, 0.29) is 11.8 Å². The van der Waals surface area contributed by atoms with Gasteiger partial charge in [-0.2, -0.15) is 5.10 Å². The maximum Gasteiger partial charge on any atom is 0.219 e. The van der Waals surface area contributed by atoms with Gasteiger partial charge in [0.15, 0.2) is 0 Å². The zero-order valence-corrected chi connectivity index (χ0v) is 11.4. The van der Waals surface area contributed by atoms with Crippen LogP contribution in [0.2, 0.25) is 0 Å². The van der Waals surface area contributed by atoms with Gasteiger partial charge in [-0.15, -0.1) is 0 Å². The molecule has 1 saturated heterocycles. The van der Waals surface area contributed by atoms with Gasteiger partial charge in [-0.3, -0.25) is 19.9 Å². The molecule has 104 valence electrons. The number of amides is 1. The first kappa shape index (κ1) is 12.8. The van der Waals surface area contributed by atoms with Crippen LogP contribution >= 0.6 is 0 Å². The smallest absolute Gasteiger partial charge is 0.219 e. The minimum atomic E-state index is 0.127. The monoisotopic (exact) mass is 271 g/mol. The molecule has 6 heteroatoms. The first-order valence-electron chi connectivity index (χ1n) is 6.82. The number of piperidine rings is 1. The molecule has 0 radical (unpaired) electrons. The van der Waals surface area contributed by atoms with Crippen molar-refractivity contribution in [2.45, 2.75) is 25.7 Å². The summed E-state index contributed by atoms with van der Waals surface area (Å²) in [5.74, 6) is 0.362. The first-order valence-corrected chi connectivity index (χ1v) is 6.82. The lowest BCUT2D eigenvalue weighted by Crippen LogP contribution is -2.38. The second-order valence-electron chi connectivity index (χ2n) is 5.06. The van der Waals surface area contributed by atoms with Gasteiger partial charge in [0, 0.05) is 44.5 Å². The number of H-pyrrole nitrogens is 1. The van der Waals surface area contributed by atoms with Crippen LogP contribution in [0.3, 0.4) is 0 Å². The molecule has 6 nitrogen and oxygen atoms in total. The summed E-state index contributed by atoms with van der Waals surface area (Å²) in [5, 5.41) is 6.90. The predicted octanol–water partition coefficient (Wildman–Crippen LogP) is 1.59. The molecule has 1 atom stereocenters. The van der Waals surface area contributed by atoms with E-state index in [0.717, 1.165) is 43.0 Å². The number of carbonyl (C=O) groups is 1. The van der Waals surface area contributed by atoms with Crippen molar-refractivity contribution in [2.75, 3.05) is 13.1 Å². The maximum absolute atomic E-state index is 11.6. The summed E-state index contributed by atoms with van der Waals surface area (Å²) in [7, 11) is 0. The summed E-state index contributed by atoms with van der Waals surface area (Å²) in [6, 6.07) is 1.89. The number of aromatic amines is 1. The van der Waals surface area contributed by atoms with Crippen LogP contribution in [0.25, 0.3) is 11.4 Å². The van der Waals surface area contributed by atoms with Crippen molar-refractivity contribution in [1.29, 1.82) is 0 Å². The average molecular weight is 271 g/mol. The molecule has 2 aromatic heterocycles. The summed E-state index contributed by atoms with van der Waals surface area (Å²) in [5.41, 5.74) is 2.65. The Morgan fingerprint density at radius 2 is 2.20 bits per heavy atom. The summed E-state index contributed by atoms with van der Waals surface area (Å²) >= 11 is 0. The number of nitrogens with zero attached hydrogens (tertiary/aromatic N) is 4. The van der Waals surface area contributed by atoms with E-state index in [1.807, 2.05) is 11.0 Å². The number of nitrogens with one attached hydrogen (secondary N) is 1. The van der Waals surface area contributed by atoms with Crippen molar-refractivity contribution in [1.82, 2.24) is 25.1 Å². The highest BCUT2D eigenvalue weighted by atomic mass is 16.2. The zero-order valence-electron chi connectivity index (χ0n) is 11.4. The molecule has 0 bridgehead atoms. The fourth-order valence-electron chi connectivity index (χ4n) is 2.73. The van der Waals surface area contributed by atoms with Crippen LogP contribution in [0, 0.1) is 0 Å². The molecule has 0 spiro atoms. The molecule has 0 aromatic carbocycles. The van der Waals surface area contributed by atoms with Gasteiger partial charge < -0.3 is 4.90 Å². The predicted molar refractivity (Wildman–Crippen MR) is 73.8 cm³/mol. The van der Waals surface area contributed by atoms with Crippen molar-refractivity contribution < 1.29 is 4.79 Å². The van der Waals surface area contributed by atoms with Gasteiger partial charge in [0.1, 0.15) is 5.69 Å². The minimum Gasteiger partial charge on any atom is -0.342 e. The molecule has 0 aliphatic carbocycles. The molecule has 3 rings (SSSR count). The Kier molecular flexibility index (Phi) is 3.45. The van der Waals surface area contributed by atoms with Crippen LogP contribution in [-0.2, 0) is 4.79 Å². The van der Waals surface area contributed by atoms with Gasteiger partial charge in [-0.1, -0.05) is 0 Å². The molecule has 20 heavy (non-hydrogen) atoms. The normalized spacial score (nSPS) is 19.1. The van der Waals surface area contributed by atoms with Crippen molar-refractivity contribution in [2.24, 2.45) is 0 Å². The fourth-order valence-corrected chi connectivity index (χ4v) is 2.73. The second kappa shape index (κ2) is 5.40. The largest absolute Gasteiger partial charge is 0.342 e. The van der Waals surface area contributed by atoms with E-state index in [2.05, 4.69) is 20.2 Å². The van der Waals surface area contributed by atoms with Crippen molar-refractivity contribution >= 4 is 5.91 Å². The van der Waals surface area contributed by atoms with E-state index in [4.69, 9.17) is 0 Å². The van der Waals surface area contributed by atoms with Gasteiger partial charge in [0.2, 0.25) is 5.91 Å². The minimum absolute atomic E-state index is 0.127. The van der Waals surface area contributed by atoms with Gasteiger partial charge >= 0.3 is 0 Å². The molecule has 3 heterocycles. The third-order valence-electron chi connectivity index (χ3n) is 3.74. The number of hydrogen-bond acceptors (Lipinski definition) is 4. The Morgan fingerprint density at radius 1 is 1.35 bits per heavy atom. The lowest BCUT2D eigenvalue weighted by Gasteiger charge is -2.32. The molecule has 0 saturated carbocycles. The third-order valence-corrected chi connectivity index (χ3v) is 3.74. The Hall–Kier alpha value is -2.24. The molecular formula is C14H17N5O. The summed E-state index contributed by atoms with van der Waals surface area (Å²) in [6.45, 7) is 3.18. The highest BCUT2D eigenvalue weighted by Crippen LogP contribution is 2.30. The first-order chi connectivity index (χ1) is 9.75. The fraction of sp³-hybridized carbons (Fsp3) is 0.429. The Morgan fingerprint density at radius 3 is 2.95 bits per heavy atom. The van der Waals surface area contributed by atoms with E-state index in [0.29, 0.717) is 0 Å². The van der Waals surface area contributed by atoms with E-state index in [9.17, 15) is 4.79 Å². The number of rotatable bonds is 2. The van der Waals surface area contributed by atoms with Crippen LogP contribution in [-0.4, -0.2) is 44.1 Å². The second-order valence-corrected chi connectivity index (χ2v) is 5.06. The summed E-state index contributed by atoms with van der Waals surface area (Å²) in [6.07, 6.45) is 7.14. The molecule has 1 fully saturated rings. The van der Waals surface area contributed by atoms with Crippen molar-refractivity contribution in [3.8, 4) is 11.4 Å². The van der Waals surface area contributed by atoms with Crippen molar-refractivity contribution in [3.05, 3.63) is 30.4 Å². The molecular weight excluding hydrogens is 254 g/mol. The molecule has 1 amide bonds. The molecule has 0 unspecified atom stereocenters. The highest BCUT2D eigenvalue weighted by Gasteiger charge is 2.26. The van der Waals surface area contributed by atoms with Gasteiger partial charge in [-0.25, -0.2) is 0 Å². The van der Waals surface area contributed by atoms with Crippen LogP contribution in [0.15, 0.2) is 24.7 Å². The number of carbonyl (C=O) groups excluding carboxylic acids is 1. The Labute approximate surface area is 117 Å². The SMILES string of the molecule is CC(=O)N1CCC[C@@H](c2nccnc2-c2ccn[nH]2)C1. The van der Waals surface area contributed by atoms with E-state index < -0.39 is 0 Å². The number of aromatic nitrogens is 4. The standard InChI is InChI=1S/C14H17N5O/c1-10(20)19-8-2-3-11(9-19)13-14(16-7-6-15-13)12-4-5-17-18-12/h4-7,11H,2-3,8-9H2,1H3,(H,17,18)/t11-/m1/s1. The molecule has 2 aromatic rings. The lowest BCUT2D eigenvalue weighted by atomic mass is 9.92. The van der Waals surface area contributed by atoms with E-state index in [1.165, 1.54) is 0 Å². The van der Waals surface area contributed by atoms with E-state index >= 15 is 0 Å². The Balaban J connectivity index is 1.92. The van der Waals surface area contributed by atoms with Crippen LogP contribution in [0.4, 0.5) is 0 Å². The summed E-state index contributed by atoms with van der Waals surface area (Å²) < 4.78 is 0. The molecule has 1 aliphatic heterocycles. The number of likely N-dealkylation sites (tertiary alicyclic amines) is 1. The summed E-state index contributed by atoms with van der Waals surface area (Å²) in [4.78, 5) is 22.4. The maximum atomic E-state index is 11.6. The quantitative estimate of drug-likeness (QED) is 0.900. The van der Waals surface area contributed by atoms with E-state index in [1.54, 1.807) is 25.5 Å². The van der Waals surface area contributed by atoms with Gasteiger partial charge in [0.25, 0.3) is 0 Å².